The van der Waals surface area contributed by atoms with Gasteiger partial charge in [0.1, 0.15) is 0 Å². The molecule has 0 amide bonds. The van der Waals surface area contributed by atoms with Gasteiger partial charge >= 0.3 is 0 Å². The zero-order valence-electron chi connectivity index (χ0n) is 11.4. The lowest BCUT2D eigenvalue weighted by molar-refractivity contribution is 0.184. The summed E-state index contributed by atoms with van der Waals surface area (Å²) in [5, 5.41) is 4.71. The van der Waals surface area contributed by atoms with Crippen LogP contribution in [0, 0.1) is 5.92 Å². The van der Waals surface area contributed by atoms with Crippen molar-refractivity contribution in [3.8, 4) is 0 Å². The van der Waals surface area contributed by atoms with Crippen LogP contribution in [0.15, 0.2) is 34.9 Å². The van der Waals surface area contributed by atoms with Crippen molar-refractivity contribution in [1.29, 1.82) is 0 Å². The number of hydrogen-bond acceptors (Lipinski definition) is 3. The van der Waals surface area contributed by atoms with Crippen molar-refractivity contribution in [2.24, 2.45) is 5.92 Å². The van der Waals surface area contributed by atoms with Crippen molar-refractivity contribution in [2.45, 2.75) is 19.4 Å². The van der Waals surface area contributed by atoms with E-state index in [9.17, 15) is 0 Å². The molecule has 0 saturated carbocycles. The second-order valence-corrected chi connectivity index (χ2v) is 6.16. The number of halogens is 1. The number of aromatic nitrogens is 1. The van der Waals surface area contributed by atoms with Crippen LogP contribution in [0.3, 0.4) is 0 Å². The van der Waals surface area contributed by atoms with Gasteiger partial charge in [-0.2, -0.15) is 0 Å². The van der Waals surface area contributed by atoms with Crippen molar-refractivity contribution in [1.82, 2.24) is 10.3 Å². The maximum absolute atomic E-state index is 5.40. The van der Waals surface area contributed by atoms with Gasteiger partial charge in [-0.15, -0.1) is 0 Å². The Hall–Kier alpha value is -0.970. The largest absolute Gasteiger partial charge is 0.381 e. The fourth-order valence-corrected chi connectivity index (χ4v) is 3.13. The Morgan fingerprint density at radius 3 is 3.15 bits per heavy atom. The third kappa shape index (κ3) is 3.19. The Labute approximate surface area is 127 Å². The molecule has 1 fully saturated rings. The second kappa shape index (κ2) is 6.66. The SMILES string of the molecule is Brc1ccc(CNCCC2CCOC2)c2ncccc12. The molecule has 106 valence electrons. The number of pyridine rings is 1. The molecule has 1 saturated heterocycles. The predicted octanol–water partition coefficient (Wildman–Crippen LogP) is 3.51. The summed E-state index contributed by atoms with van der Waals surface area (Å²) >= 11 is 3.58. The summed E-state index contributed by atoms with van der Waals surface area (Å²) in [6, 6.07) is 8.33. The van der Waals surface area contributed by atoms with Gasteiger partial charge in [0.05, 0.1) is 5.52 Å². The minimum atomic E-state index is 0.738. The van der Waals surface area contributed by atoms with Crippen LogP contribution in [0.5, 0.6) is 0 Å². The average Bonchev–Trinajstić information content (AvgIpc) is 2.99. The van der Waals surface area contributed by atoms with Gasteiger partial charge < -0.3 is 10.1 Å². The van der Waals surface area contributed by atoms with E-state index in [4.69, 9.17) is 4.74 Å². The van der Waals surface area contributed by atoms with Crippen molar-refractivity contribution in [3.63, 3.8) is 0 Å². The Kier molecular flexibility index (Phi) is 4.65. The van der Waals surface area contributed by atoms with Crippen LogP contribution in [0.1, 0.15) is 18.4 Å². The summed E-state index contributed by atoms with van der Waals surface area (Å²) < 4.78 is 6.50. The van der Waals surface area contributed by atoms with Crippen molar-refractivity contribution < 1.29 is 4.74 Å². The molecular formula is C16H19BrN2O. The van der Waals surface area contributed by atoms with Crippen LogP contribution in [0.2, 0.25) is 0 Å². The first-order valence-electron chi connectivity index (χ1n) is 7.15. The van der Waals surface area contributed by atoms with Crippen LogP contribution in [-0.2, 0) is 11.3 Å². The van der Waals surface area contributed by atoms with Crippen molar-refractivity contribution in [2.75, 3.05) is 19.8 Å². The molecule has 3 rings (SSSR count). The van der Waals surface area contributed by atoms with Gasteiger partial charge in [0, 0.05) is 35.8 Å². The lowest BCUT2D eigenvalue weighted by atomic mass is 10.1. The molecule has 2 aromatic rings. The van der Waals surface area contributed by atoms with E-state index in [-0.39, 0.29) is 0 Å². The average molecular weight is 335 g/mol. The first-order valence-corrected chi connectivity index (χ1v) is 7.94. The van der Waals surface area contributed by atoms with E-state index in [1.165, 1.54) is 23.8 Å². The minimum absolute atomic E-state index is 0.738. The highest BCUT2D eigenvalue weighted by atomic mass is 79.9. The van der Waals surface area contributed by atoms with E-state index in [2.05, 4.69) is 44.4 Å². The third-order valence-corrected chi connectivity index (χ3v) is 4.56. The fourth-order valence-electron chi connectivity index (χ4n) is 2.68. The Bertz CT molecular complexity index is 582. The first kappa shape index (κ1) is 14.0. The molecule has 1 aliphatic rings. The number of hydrogen-bond donors (Lipinski definition) is 1. The lowest BCUT2D eigenvalue weighted by Crippen LogP contribution is -2.18. The number of benzene rings is 1. The molecule has 0 radical (unpaired) electrons. The van der Waals surface area contributed by atoms with Crippen LogP contribution in [0.4, 0.5) is 0 Å². The topological polar surface area (TPSA) is 34.1 Å². The minimum Gasteiger partial charge on any atom is -0.381 e. The van der Waals surface area contributed by atoms with E-state index in [0.717, 1.165) is 42.2 Å². The molecule has 20 heavy (non-hydrogen) atoms. The highest BCUT2D eigenvalue weighted by Gasteiger charge is 2.14. The monoisotopic (exact) mass is 334 g/mol. The molecule has 1 N–H and O–H groups in total. The number of rotatable bonds is 5. The maximum Gasteiger partial charge on any atom is 0.0758 e. The highest BCUT2D eigenvalue weighted by molar-refractivity contribution is 9.10. The molecule has 1 aromatic heterocycles. The number of fused-ring (bicyclic) bond motifs is 1. The standard InChI is InChI=1S/C16H19BrN2O/c17-15-4-3-13(16-14(15)2-1-7-19-16)10-18-8-5-12-6-9-20-11-12/h1-4,7,12,18H,5-6,8-11H2. The van der Waals surface area contributed by atoms with Gasteiger partial charge in [0.25, 0.3) is 0 Å². The molecule has 1 atom stereocenters. The van der Waals surface area contributed by atoms with Gasteiger partial charge in [-0.05, 0) is 43.0 Å². The summed E-state index contributed by atoms with van der Waals surface area (Å²) in [4.78, 5) is 4.51. The quantitative estimate of drug-likeness (QED) is 0.849. The highest BCUT2D eigenvalue weighted by Crippen LogP contribution is 2.25. The van der Waals surface area contributed by atoms with Crippen LogP contribution in [-0.4, -0.2) is 24.7 Å². The number of nitrogens with one attached hydrogen (secondary N) is 1. The maximum atomic E-state index is 5.40. The molecule has 4 heteroatoms. The molecule has 1 unspecified atom stereocenters. The molecular weight excluding hydrogens is 316 g/mol. The molecule has 0 spiro atoms. The molecule has 0 aliphatic carbocycles. The van der Waals surface area contributed by atoms with Gasteiger partial charge in [-0.25, -0.2) is 0 Å². The van der Waals surface area contributed by atoms with Crippen molar-refractivity contribution in [3.05, 3.63) is 40.5 Å². The number of ether oxygens (including phenoxy) is 1. The number of nitrogens with zero attached hydrogens (tertiary/aromatic N) is 1. The zero-order chi connectivity index (χ0) is 13.8. The van der Waals surface area contributed by atoms with Crippen LogP contribution in [0.25, 0.3) is 10.9 Å². The fraction of sp³-hybridized carbons (Fsp3) is 0.438. The Morgan fingerprint density at radius 1 is 1.35 bits per heavy atom. The molecule has 1 aliphatic heterocycles. The van der Waals surface area contributed by atoms with E-state index in [0.29, 0.717) is 0 Å². The van der Waals surface area contributed by atoms with Crippen LogP contribution < -0.4 is 5.32 Å². The first-order chi connectivity index (χ1) is 9.84. The van der Waals surface area contributed by atoms with Crippen LogP contribution >= 0.6 is 15.9 Å². The zero-order valence-corrected chi connectivity index (χ0v) is 13.0. The molecule has 1 aromatic carbocycles. The Balaban J connectivity index is 1.61. The van der Waals surface area contributed by atoms with E-state index < -0.39 is 0 Å². The van der Waals surface area contributed by atoms with Gasteiger partial charge in [0.2, 0.25) is 0 Å². The smallest absolute Gasteiger partial charge is 0.0758 e. The summed E-state index contributed by atoms with van der Waals surface area (Å²) in [6.45, 7) is 3.78. The van der Waals surface area contributed by atoms with E-state index in [1.807, 2.05) is 12.3 Å². The summed E-state index contributed by atoms with van der Waals surface area (Å²) in [6.07, 6.45) is 4.26. The normalized spacial score (nSPS) is 18.8. The summed E-state index contributed by atoms with van der Waals surface area (Å²) in [5.41, 5.74) is 2.34. The Morgan fingerprint density at radius 2 is 2.30 bits per heavy atom. The molecule has 0 bridgehead atoms. The third-order valence-electron chi connectivity index (χ3n) is 3.87. The molecule has 2 heterocycles. The van der Waals surface area contributed by atoms with Gasteiger partial charge in [0.15, 0.2) is 0 Å². The second-order valence-electron chi connectivity index (χ2n) is 5.30. The predicted molar refractivity (Wildman–Crippen MR) is 84.7 cm³/mol. The molecule has 3 nitrogen and oxygen atoms in total. The summed E-state index contributed by atoms with van der Waals surface area (Å²) in [5.74, 6) is 0.738. The van der Waals surface area contributed by atoms with E-state index in [1.54, 1.807) is 0 Å². The van der Waals surface area contributed by atoms with Gasteiger partial charge in [-0.3, -0.25) is 4.98 Å². The van der Waals surface area contributed by atoms with E-state index >= 15 is 0 Å². The van der Waals surface area contributed by atoms with Gasteiger partial charge in [-0.1, -0.05) is 28.1 Å². The lowest BCUT2D eigenvalue weighted by Gasteiger charge is -2.10. The summed E-state index contributed by atoms with van der Waals surface area (Å²) in [7, 11) is 0. The van der Waals surface area contributed by atoms with Crippen molar-refractivity contribution >= 4 is 26.8 Å².